The van der Waals surface area contributed by atoms with Crippen LogP contribution in [0.3, 0.4) is 0 Å². The minimum absolute atomic E-state index is 0.154. The van der Waals surface area contributed by atoms with Gasteiger partial charge < -0.3 is 4.74 Å². The summed E-state index contributed by atoms with van der Waals surface area (Å²) in [5.74, 6) is -0.564. The molecule has 9 heteroatoms. The summed E-state index contributed by atoms with van der Waals surface area (Å²) < 4.78 is 71.7. The van der Waals surface area contributed by atoms with Crippen molar-refractivity contribution in [1.82, 2.24) is 4.31 Å². The minimum atomic E-state index is -4.64. The molecule has 0 amide bonds. The summed E-state index contributed by atoms with van der Waals surface area (Å²) in [6, 6.07) is 1.60. The van der Waals surface area contributed by atoms with Gasteiger partial charge in [-0.2, -0.15) is 17.5 Å². The van der Waals surface area contributed by atoms with E-state index >= 15 is 0 Å². The summed E-state index contributed by atoms with van der Waals surface area (Å²) in [6.45, 7) is 1.80. The lowest BCUT2D eigenvalue weighted by Gasteiger charge is -2.33. The van der Waals surface area contributed by atoms with Crippen molar-refractivity contribution in [1.29, 1.82) is 0 Å². The third kappa shape index (κ3) is 3.85. The van der Waals surface area contributed by atoms with Crippen LogP contribution < -0.4 is 0 Å². The summed E-state index contributed by atoms with van der Waals surface area (Å²) in [5, 5.41) is 0. The fourth-order valence-corrected chi connectivity index (χ4v) is 6.12. The van der Waals surface area contributed by atoms with Gasteiger partial charge >= 0.3 is 12.1 Å². The molecule has 1 aromatic carbocycles. The minimum Gasteiger partial charge on any atom is -0.466 e. The number of esters is 1. The molecule has 1 atom stereocenters. The lowest BCUT2D eigenvalue weighted by Crippen LogP contribution is -2.40. The molecule has 5 nitrogen and oxygen atoms in total. The Morgan fingerprint density at radius 2 is 1.89 bits per heavy atom. The first-order chi connectivity index (χ1) is 12.7. The SMILES string of the molecule is CCOC(=O)C[C@H]1c2ccc(C(F)(F)F)cc2S(=O)(=O)N1C1CCCCC1. The zero-order valence-electron chi connectivity index (χ0n) is 15.0. The third-order valence-corrected chi connectivity index (χ3v) is 7.18. The van der Waals surface area contributed by atoms with E-state index in [0.29, 0.717) is 18.9 Å². The van der Waals surface area contributed by atoms with Crippen molar-refractivity contribution in [2.75, 3.05) is 6.61 Å². The van der Waals surface area contributed by atoms with Crippen molar-refractivity contribution in [3.63, 3.8) is 0 Å². The molecule has 0 unspecified atom stereocenters. The molecule has 150 valence electrons. The molecule has 1 fully saturated rings. The van der Waals surface area contributed by atoms with E-state index in [1.54, 1.807) is 6.92 Å². The van der Waals surface area contributed by atoms with E-state index in [1.807, 2.05) is 0 Å². The number of alkyl halides is 3. The molecule has 0 bridgehead atoms. The highest BCUT2D eigenvalue weighted by molar-refractivity contribution is 7.89. The monoisotopic (exact) mass is 405 g/mol. The van der Waals surface area contributed by atoms with Crippen LogP contribution in [0.15, 0.2) is 23.1 Å². The second kappa shape index (κ2) is 7.43. The van der Waals surface area contributed by atoms with Gasteiger partial charge in [0.1, 0.15) is 0 Å². The van der Waals surface area contributed by atoms with E-state index in [-0.39, 0.29) is 29.5 Å². The normalized spacial score (nSPS) is 23.2. The molecule has 0 radical (unpaired) electrons. The molecule has 1 aliphatic heterocycles. The van der Waals surface area contributed by atoms with Gasteiger partial charge in [0.15, 0.2) is 0 Å². The zero-order chi connectivity index (χ0) is 19.8. The smallest absolute Gasteiger partial charge is 0.416 e. The van der Waals surface area contributed by atoms with Crippen LogP contribution in [0.25, 0.3) is 0 Å². The average Bonchev–Trinajstić information content (AvgIpc) is 2.82. The Labute approximate surface area is 156 Å². The largest absolute Gasteiger partial charge is 0.466 e. The summed E-state index contributed by atoms with van der Waals surface area (Å²) in [7, 11) is -4.11. The Balaban J connectivity index is 2.06. The molecule has 0 saturated heterocycles. The maximum atomic E-state index is 13.1. The maximum Gasteiger partial charge on any atom is 0.416 e. The van der Waals surface area contributed by atoms with Crippen LogP contribution in [0.2, 0.25) is 0 Å². The molecule has 0 aromatic heterocycles. The van der Waals surface area contributed by atoms with E-state index in [9.17, 15) is 26.4 Å². The Hall–Kier alpha value is -1.61. The number of ether oxygens (including phenoxy) is 1. The number of rotatable bonds is 4. The van der Waals surface area contributed by atoms with Crippen LogP contribution in [0.4, 0.5) is 13.2 Å². The predicted octanol–water partition coefficient (Wildman–Crippen LogP) is 4.04. The average molecular weight is 405 g/mol. The number of hydrogen-bond donors (Lipinski definition) is 0. The quantitative estimate of drug-likeness (QED) is 0.710. The van der Waals surface area contributed by atoms with Crippen molar-refractivity contribution < 1.29 is 31.1 Å². The fourth-order valence-electron chi connectivity index (χ4n) is 3.99. The van der Waals surface area contributed by atoms with Crippen molar-refractivity contribution >= 4 is 16.0 Å². The number of carbonyl (C=O) groups is 1. The van der Waals surface area contributed by atoms with Crippen LogP contribution in [0.1, 0.15) is 62.6 Å². The van der Waals surface area contributed by atoms with Gasteiger partial charge in [-0.15, -0.1) is 0 Å². The Kier molecular flexibility index (Phi) is 5.54. The topological polar surface area (TPSA) is 63.7 Å². The number of fused-ring (bicyclic) bond motifs is 1. The molecule has 1 aromatic rings. The molecule has 1 saturated carbocycles. The van der Waals surface area contributed by atoms with E-state index in [4.69, 9.17) is 4.74 Å². The summed E-state index contributed by atoms with van der Waals surface area (Å²) in [6.07, 6.45) is -0.864. The van der Waals surface area contributed by atoms with E-state index in [2.05, 4.69) is 0 Å². The molecule has 0 spiro atoms. The molecular formula is C18H22F3NO4S. The van der Waals surface area contributed by atoms with Gasteiger partial charge in [-0.25, -0.2) is 8.42 Å². The van der Waals surface area contributed by atoms with E-state index in [1.165, 1.54) is 10.4 Å². The Morgan fingerprint density at radius 3 is 2.48 bits per heavy atom. The van der Waals surface area contributed by atoms with Crippen molar-refractivity contribution in [3.05, 3.63) is 29.3 Å². The van der Waals surface area contributed by atoms with Crippen LogP contribution in [0.5, 0.6) is 0 Å². The predicted molar refractivity (Wildman–Crippen MR) is 91.3 cm³/mol. The van der Waals surface area contributed by atoms with Gasteiger partial charge in [0.25, 0.3) is 0 Å². The summed E-state index contributed by atoms with van der Waals surface area (Å²) >= 11 is 0. The second-order valence-electron chi connectivity index (χ2n) is 6.90. The highest BCUT2D eigenvalue weighted by atomic mass is 32.2. The number of benzene rings is 1. The van der Waals surface area contributed by atoms with E-state index in [0.717, 1.165) is 25.3 Å². The number of nitrogens with zero attached hydrogens (tertiary/aromatic N) is 1. The fraction of sp³-hybridized carbons (Fsp3) is 0.611. The summed E-state index contributed by atoms with van der Waals surface area (Å²) in [5.41, 5.74) is -0.771. The van der Waals surface area contributed by atoms with Gasteiger partial charge in [-0.05, 0) is 37.5 Å². The standard InChI is InChI=1S/C18H22F3NO4S/c1-2-26-17(23)11-15-14-9-8-12(18(19,20)21)10-16(14)27(24,25)22(15)13-6-4-3-5-7-13/h8-10,13,15H,2-7,11H2,1H3/t15-/m0/s1. The van der Waals surface area contributed by atoms with E-state index < -0.39 is 33.8 Å². The van der Waals surface area contributed by atoms with Gasteiger partial charge in [-0.1, -0.05) is 25.3 Å². The van der Waals surface area contributed by atoms with Gasteiger partial charge in [-0.3, -0.25) is 4.79 Å². The van der Waals surface area contributed by atoms with Crippen LogP contribution in [0, 0.1) is 0 Å². The molecule has 1 heterocycles. The van der Waals surface area contributed by atoms with Crippen LogP contribution in [-0.4, -0.2) is 31.3 Å². The number of carbonyl (C=O) groups excluding carboxylic acids is 1. The number of halogens is 3. The lowest BCUT2D eigenvalue weighted by molar-refractivity contribution is -0.144. The van der Waals surface area contributed by atoms with Crippen molar-refractivity contribution in [2.24, 2.45) is 0 Å². The first-order valence-electron chi connectivity index (χ1n) is 9.06. The van der Waals surface area contributed by atoms with Gasteiger partial charge in [0.2, 0.25) is 10.0 Å². The first-order valence-corrected chi connectivity index (χ1v) is 10.5. The molecule has 1 aliphatic carbocycles. The molecule has 27 heavy (non-hydrogen) atoms. The lowest BCUT2D eigenvalue weighted by atomic mass is 9.93. The highest BCUT2D eigenvalue weighted by Crippen LogP contribution is 2.47. The number of sulfonamides is 1. The van der Waals surface area contributed by atoms with Crippen LogP contribution in [-0.2, 0) is 25.7 Å². The molecule has 0 N–H and O–H groups in total. The van der Waals surface area contributed by atoms with Gasteiger partial charge in [0.05, 0.1) is 29.5 Å². The van der Waals surface area contributed by atoms with Crippen molar-refractivity contribution in [2.45, 2.75) is 68.6 Å². The Bertz CT molecular complexity index is 816. The van der Waals surface area contributed by atoms with Crippen LogP contribution >= 0.6 is 0 Å². The summed E-state index contributed by atoms with van der Waals surface area (Å²) in [4.78, 5) is 11.7. The third-order valence-electron chi connectivity index (χ3n) is 5.16. The molecule has 3 rings (SSSR count). The Morgan fingerprint density at radius 1 is 1.22 bits per heavy atom. The first kappa shape index (κ1) is 20.1. The molecule has 2 aliphatic rings. The number of hydrogen-bond acceptors (Lipinski definition) is 4. The molecular weight excluding hydrogens is 383 g/mol. The second-order valence-corrected chi connectivity index (χ2v) is 8.71. The zero-order valence-corrected chi connectivity index (χ0v) is 15.8. The maximum absolute atomic E-state index is 13.1. The highest BCUT2D eigenvalue weighted by Gasteiger charge is 2.48. The van der Waals surface area contributed by atoms with Gasteiger partial charge in [0, 0.05) is 6.04 Å². The van der Waals surface area contributed by atoms with Crippen molar-refractivity contribution in [3.8, 4) is 0 Å².